The summed E-state index contributed by atoms with van der Waals surface area (Å²) < 4.78 is 85.5. The smallest absolute Gasteiger partial charge is 0.294 e. The van der Waals surface area contributed by atoms with Gasteiger partial charge in [0.05, 0.1) is 82.6 Å². The van der Waals surface area contributed by atoms with Crippen molar-refractivity contribution in [2.75, 3.05) is 80.2 Å². The Kier molecular flexibility index (Phi) is 12.5. The molecular weight excluding hydrogens is 813 g/mol. The molecule has 0 unspecified atom stereocenters. The van der Waals surface area contributed by atoms with Gasteiger partial charge in [-0.15, -0.1) is 0 Å². The van der Waals surface area contributed by atoms with E-state index < -0.39 is 31.1 Å². The maximum atomic E-state index is 12.3. The first kappa shape index (κ1) is 45.9. The normalized spacial score (nSPS) is 19.2. The van der Waals surface area contributed by atoms with Gasteiger partial charge in [-0.05, 0) is 80.5 Å². The van der Waals surface area contributed by atoms with Gasteiger partial charge in [-0.1, -0.05) is 43.7 Å². The van der Waals surface area contributed by atoms with Crippen molar-refractivity contribution in [3.63, 3.8) is 0 Å². The third-order valence-electron chi connectivity index (χ3n) is 11.8. The molecule has 0 aromatic heterocycles. The summed E-state index contributed by atoms with van der Waals surface area (Å²) in [6.45, 7) is 13.5. The Hall–Kier alpha value is -4.57. The monoisotopic (exact) mass is 875 g/mol. The molecule has 0 saturated carbocycles. The number of rotatable bonds is 14. The number of hydrogen-bond acceptors (Lipinski definition) is 7. The van der Waals surface area contributed by atoms with E-state index >= 15 is 0 Å². The van der Waals surface area contributed by atoms with Gasteiger partial charge in [0, 0.05) is 47.5 Å². The summed E-state index contributed by atoms with van der Waals surface area (Å²) in [6, 6.07) is 17.8. The number of nitrogens with zero attached hydrogens (tertiary/aromatic N) is 4. The molecule has 0 fully saturated rings. The molecule has 3 aliphatic heterocycles. The standard InChI is InChI=1S/C47H61N4O8S2/c1-33-14-16-34(17-15-33)45-41(22-24-43-46(2,3)37-30-35(60(52,53)54)18-20-39(37)48(43)26-12-28-50(6,7)8)58-32-59-42(45)23-25-44-47(4,5)38-31-36(61(55,56)57)19-21-40(38)49(44)27-13-29-51(9,10)11/h14-25,30-31H,12-13,26-29,32H2,1-11H3/q+1/p+2. The average molecular weight is 876 g/mol. The van der Waals surface area contributed by atoms with Crippen LogP contribution in [0.4, 0.5) is 11.4 Å². The fourth-order valence-electron chi connectivity index (χ4n) is 8.52. The van der Waals surface area contributed by atoms with Crippen molar-refractivity contribution in [3.8, 4) is 0 Å². The van der Waals surface area contributed by atoms with Crippen molar-refractivity contribution >= 4 is 42.9 Å². The Labute approximate surface area is 363 Å². The molecule has 0 aliphatic carbocycles. The molecule has 0 bridgehead atoms. The van der Waals surface area contributed by atoms with Gasteiger partial charge < -0.3 is 23.3 Å². The fourth-order valence-corrected chi connectivity index (χ4v) is 9.53. The molecule has 0 saturated heterocycles. The lowest BCUT2D eigenvalue weighted by molar-refractivity contribution is -0.871. The van der Waals surface area contributed by atoms with Crippen LogP contribution >= 0.6 is 0 Å². The van der Waals surface area contributed by atoms with Gasteiger partial charge in [0.1, 0.15) is 11.5 Å². The first-order valence-electron chi connectivity index (χ1n) is 20.6. The Bertz CT molecular complexity index is 2590. The molecular formula is C47H63N4O8S2+3. The maximum absolute atomic E-state index is 12.3. The topological polar surface area (TPSA) is 133 Å². The summed E-state index contributed by atoms with van der Waals surface area (Å²) in [4.78, 5) is 1.95. The molecule has 3 aromatic rings. The lowest BCUT2D eigenvalue weighted by Gasteiger charge is -2.29. The fraction of sp³-hybridized carbons (Fsp3) is 0.426. The predicted octanol–water partition coefficient (Wildman–Crippen LogP) is 7.59. The summed E-state index contributed by atoms with van der Waals surface area (Å²) in [5, 5.41) is 0. The second-order valence-electron chi connectivity index (χ2n) is 19.4. The van der Waals surface area contributed by atoms with Gasteiger partial charge in [0.15, 0.2) is 12.3 Å². The zero-order valence-corrected chi connectivity index (χ0v) is 39.1. The Morgan fingerprint density at radius 3 is 1.93 bits per heavy atom. The van der Waals surface area contributed by atoms with Crippen LogP contribution in [0.5, 0.6) is 0 Å². The number of aryl methyl sites for hydroxylation is 1. The van der Waals surface area contributed by atoms with Crippen molar-refractivity contribution in [1.29, 1.82) is 0 Å². The highest BCUT2D eigenvalue weighted by Crippen LogP contribution is 2.49. The Balaban J connectivity index is 1.49. The summed E-state index contributed by atoms with van der Waals surface area (Å²) in [5.41, 5.74) is 6.76. The lowest BCUT2D eigenvalue weighted by atomic mass is 9.81. The molecule has 0 radical (unpaired) electrons. The molecule has 14 heteroatoms. The lowest BCUT2D eigenvalue weighted by Crippen LogP contribution is -2.37. The van der Waals surface area contributed by atoms with Crippen molar-refractivity contribution in [3.05, 3.63) is 124 Å². The number of hydrogen-bond donors (Lipinski definition) is 2. The Morgan fingerprint density at radius 2 is 1.33 bits per heavy atom. The van der Waals surface area contributed by atoms with E-state index in [9.17, 15) is 25.9 Å². The van der Waals surface area contributed by atoms with Crippen LogP contribution < -0.4 is 4.90 Å². The zero-order chi connectivity index (χ0) is 44.9. The van der Waals surface area contributed by atoms with E-state index in [-0.39, 0.29) is 16.6 Å². The number of quaternary nitrogens is 2. The van der Waals surface area contributed by atoms with Crippen molar-refractivity contribution in [2.45, 2.75) is 68.1 Å². The van der Waals surface area contributed by atoms with Crippen molar-refractivity contribution in [1.82, 2.24) is 0 Å². The number of anilines is 1. The van der Waals surface area contributed by atoms with Gasteiger partial charge >= 0.3 is 0 Å². The van der Waals surface area contributed by atoms with Crippen LogP contribution in [0.15, 0.2) is 112 Å². The zero-order valence-electron chi connectivity index (χ0n) is 37.5. The van der Waals surface area contributed by atoms with E-state index in [4.69, 9.17) is 9.47 Å². The molecule has 3 aliphatic rings. The van der Waals surface area contributed by atoms with E-state index in [0.717, 1.165) is 85.5 Å². The highest BCUT2D eigenvalue weighted by atomic mass is 32.2. The summed E-state index contributed by atoms with van der Waals surface area (Å²) in [7, 11) is 4.10. The van der Waals surface area contributed by atoms with Gasteiger partial charge in [-0.3, -0.25) is 9.11 Å². The minimum absolute atomic E-state index is 0.0392. The van der Waals surface area contributed by atoms with E-state index in [1.807, 2.05) is 55.5 Å². The quantitative estimate of drug-likeness (QED) is 0.0955. The van der Waals surface area contributed by atoms with Crippen molar-refractivity contribution in [2.24, 2.45) is 0 Å². The highest BCUT2D eigenvalue weighted by Gasteiger charge is 2.45. The van der Waals surface area contributed by atoms with E-state index in [1.54, 1.807) is 24.3 Å². The number of allylic oxidation sites excluding steroid dienone is 6. The first-order chi connectivity index (χ1) is 28.2. The molecule has 2 N–H and O–H groups in total. The third kappa shape index (κ3) is 10.1. The van der Waals surface area contributed by atoms with E-state index in [1.165, 1.54) is 12.1 Å². The van der Waals surface area contributed by atoms with Gasteiger partial charge in [0.2, 0.25) is 12.5 Å². The van der Waals surface area contributed by atoms with Crippen LogP contribution in [-0.4, -0.2) is 120 Å². The van der Waals surface area contributed by atoms with Crippen LogP contribution in [0.1, 0.15) is 62.8 Å². The van der Waals surface area contributed by atoms with E-state index in [0.29, 0.717) is 24.6 Å². The Morgan fingerprint density at radius 1 is 0.738 bits per heavy atom. The second kappa shape index (κ2) is 16.6. The van der Waals surface area contributed by atoms with Crippen LogP contribution in [0, 0.1) is 6.92 Å². The molecule has 0 spiro atoms. The predicted molar refractivity (Wildman–Crippen MR) is 241 cm³/mol. The van der Waals surface area contributed by atoms with E-state index in [2.05, 4.69) is 79.5 Å². The molecule has 61 heavy (non-hydrogen) atoms. The highest BCUT2D eigenvalue weighted by molar-refractivity contribution is 7.86. The van der Waals surface area contributed by atoms with Crippen LogP contribution in [0.2, 0.25) is 0 Å². The molecule has 3 heterocycles. The van der Waals surface area contributed by atoms with Gasteiger partial charge in [-0.25, -0.2) is 0 Å². The van der Waals surface area contributed by atoms with Gasteiger partial charge in [0.25, 0.3) is 20.2 Å². The first-order valence-corrected chi connectivity index (χ1v) is 23.5. The second-order valence-corrected chi connectivity index (χ2v) is 22.3. The average Bonchev–Trinajstić information content (AvgIpc) is 3.49. The molecule has 0 amide bonds. The summed E-state index contributed by atoms with van der Waals surface area (Å²) in [6.07, 6.45) is 9.77. The SMILES string of the molecule is Cc1ccc(C2=C(/C=C/C3=[N+](CCC[N+](C)(C)C)c4ccc(S(=O)(=O)O)cc4C3(C)C)OCO/C2=C\C=C2\N(CCC[N+](C)(C)C)c3ccc(S(=O)(=O)O)cc3C2(C)C)cc1. The molecule has 328 valence electrons. The summed E-state index contributed by atoms with van der Waals surface area (Å²) >= 11 is 0. The molecule has 3 aromatic carbocycles. The van der Waals surface area contributed by atoms with Gasteiger partial charge in [-0.2, -0.15) is 21.4 Å². The number of fused-ring (bicyclic) bond motifs is 2. The summed E-state index contributed by atoms with van der Waals surface area (Å²) in [5.74, 6) is 1.19. The van der Waals surface area contributed by atoms with Crippen LogP contribution in [-0.2, 0) is 40.5 Å². The molecule has 0 atom stereocenters. The maximum Gasteiger partial charge on any atom is 0.294 e. The largest absolute Gasteiger partial charge is 0.457 e. The number of ether oxygens (including phenoxy) is 2. The van der Waals surface area contributed by atoms with Crippen molar-refractivity contribution < 1.29 is 49.0 Å². The third-order valence-corrected chi connectivity index (χ3v) is 13.5. The van der Waals surface area contributed by atoms with Crippen LogP contribution in [0.3, 0.4) is 0 Å². The molecule has 12 nitrogen and oxygen atoms in total. The van der Waals surface area contributed by atoms with Crippen LogP contribution in [0.25, 0.3) is 5.57 Å². The minimum atomic E-state index is -4.42. The molecule has 6 rings (SSSR count). The number of benzene rings is 3. The minimum Gasteiger partial charge on any atom is -0.457 e.